The molecular weight excluding hydrogens is 448 g/mol. The molecule has 10 nitrogen and oxygen atoms in total. The van der Waals surface area contributed by atoms with Crippen LogP contribution in [0.25, 0.3) is 0 Å². The first-order chi connectivity index (χ1) is 14.4. The van der Waals surface area contributed by atoms with E-state index in [1.54, 1.807) is 6.92 Å². The molecule has 0 amide bonds. The molecule has 4 N–H and O–H groups in total. The monoisotopic (exact) mass is 474 g/mol. The second-order valence-corrected chi connectivity index (χ2v) is 9.75. The average Bonchev–Trinajstić information content (AvgIpc) is 2.70. The van der Waals surface area contributed by atoms with Gasteiger partial charge in [0.15, 0.2) is 23.0 Å². The normalized spacial score (nSPS) is 12.9. The summed E-state index contributed by atoms with van der Waals surface area (Å²) < 4.78 is 70.3. The average molecular weight is 475 g/mol. The van der Waals surface area contributed by atoms with Crippen LogP contribution in [0.15, 0.2) is 34.1 Å². The third kappa shape index (κ3) is 5.03. The van der Waals surface area contributed by atoms with Crippen LogP contribution in [-0.2, 0) is 26.5 Å². The van der Waals surface area contributed by atoms with Crippen LogP contribution in [0.4, 0.5) is 0 Å². The molecule has 0 radical (unpaired) electrons. The van der Waals surface area contributed by atoms with Crippen LogP contribution >= 0.6 is 0 Å². The van der Waals surface area contributed by atoms with Crippen molar-refractivity contribution < 1.29 is 35.8 Å². The van der Waals surface area contributed by atoms with E-state index in [1.165, 1.54) is 52.7 Å². The lowest BCUT2D eigenvalue weighted by Crippen LogP contribution is -2.19. The van der Waals surface area contributed by atoms with Gasteiger partial charge in [-0.3, -0.25) is 0 Å². The number of nitrogens with two attached hydrogens (primary N) is 2. The maximum atomic E-state index is 12.2. The molecule has 0 aromatic heterocycles. The zero-order chi connectivity index (χ0) is 23.6. The number of benzene rings is 2. The predicted octanol–water partition coefficient (Wildman–Crippen LogP) is 1.36. The second kappa shape index (κ2) is 9.30. The highest BCUT2D eigenvalue weighted by Gasteiger charge is 2.29. The summed E-state index contributed by atoms with van der Waals surface area (Å²) in [5.74, 6) is 0.308. The van der Waals surface area contributed by atoms with Gasteiger partial charge in [0.2, 0.25) is 20.0 Å². The van der Waals surface area contributed by atoms with Gasteiger partial charge in [-0.05, 0) is 36.6 Å². The van der Waals surface area contributed by atoms with Gasteiger partial charge < -0.3 is 18.9 Å². The molecule has 1 atom stereocenters. The predicted molar refractivity (Wildman–Crippen MR) is 114 cm³/mol. The van der Waals surface area contributed by atoms with Crippen molar-refractivity contribution >= 4 is 20.0 Å². The molecule has 0 bridgehead atoms. The van der Waals surface area contributed by atoms with E-state index in [0.717, 1.165) is 0 Å². The van der Waals surface area contributed by atoms with Crippen molar-refractivity contribution in [2.24, 2.45) is 10.3 Å². The lowest BCUT2D eigenvalue weighted by molar-refractivity contribution is 0.344. The Balaban J connectivity index is 2.80. The Morgan fingerprint density at radius 3 is 1.61 bits per heavy atom. The van der Waals surface area contributed by atoms with Gasteiger partial charge in [0.05, 0.1) is 38.2 Å². The summed E-state index contributed by atoms with van der Waals surface area (Å²) in [7, 11) is -2.71. The Bertz CT molecular complexity index is 1180. The molecule has 0 aliphatic heterocycles. The Morgan fingerprint density at radius 1 is 0.742 bits per heavy atom. The summed E-state index contributed by atoms with van der Waals surface area (Å²) in [6, 6.07) is 5.47. The maximum Gasteiger partial charge on any atom is 0.238 e. The standard InChI is InChI=1S/C19H26N2O8S2/c1-11(17-16(31(21,24)25)9-7-14(27-3)19(17)29-5)10-12-15(30(20,22)23)8-6-13(26-2)18(12)28-4/h6-9,11H,10H2,1-5H3,(H2,20,22,23)(H2,21,24,25)/t11-/m0/s1. The van der Waals surface area contributed by atoms with E-state index in [4.69, 9.17) is 29.2 Å². The van der Waals surface area contributed by atoms with Crippen molar-refractivity contribution in [3.63, 3.8) is 0 Å². The smallest absolute Gasteiger partial charge is 0.238 e. The molecule has 2 rings (SSSR count). The fraction of sp³-hybridized carbons (Fsp3) is 0.368. The van der Waals surface area contributed by atoms with E-state index in [0.29, 0.717) is 11.5 Å². The van der Waals surface area contributed by atoms with E-state index in [-0.39, 0.29) is 38.8 Å². The summed E-state index contributed by atoms with van der Waals surface area (Å²) in [6.45, 7) is 1.69. The second-order valence-electron chi connectivity index (χ2n) is 6.69. The van der Waals surface area contributed by atoms with E-state index in [1.807, 2.05) is 0 Å². The number of primary sulfonamides is 2. The summed E-state index contributed by atoms with van der Waals surface area (Å²) in [6.07, 6.45) is 0.0121. The van der Waals surface area contributed by atoms with E-state index in [2.05, 4.69) is 0 Å². The van der Waals surface area contributed by atoms with Crippen molar-refractivity contribution in [3.05, 3.63) is 35.4 Å². The minimum absolute atomic E-state index is 0.0121. The Kier molecular flexibility index (Phi) is 7.42. The van der Waals surface area contributed by atoms with Crippen molar-refractivity contribution in [3.8, 4) is 23.0 Å². The molecule has 0 spiro atoms. The number of hydrogen-bond donors (Lipinski definition) is 2. The van der Waals surface area contributed by atoms with Crippen LogP contribution in [0.5, 0.6) is 23.0 Å². The number of ether oxygens (including phenoxy) is 4. The van der Waals surface area contributed by atoms with E-state index < -0.39 is 26.0 Å². The van der Waals surface area contributed by atoms with Crippen LogP contribution in [0.3, 0.4) is 0 Å². The molecule has 31 heavy (non-hydrogen) atoms. The summed E-state index contributed by atoms with van der Waals surface area (Å²) in [5.41, 5.74) is 0.455. The van der Waals surface area contributed by atoms with Gasteiger partial charge >= 0.3 is 0 Å². The summed E-state index contributed by atoms with van der Waals surface area (Å²) in [4.78, 5) is -0.340. The maximum absolute atomic E-state index is 12.2. The highest BCUT2D eigenvalue weighted by atomic mass is 32.2. The van der Waals surface area contributed by atoms with Gasteiger partial charge in [0.1, 0.15) is 0 Å². The molecule has 0 saturated carbocycles. The van der Waals surface area contributed by atoms with Gasteiger partial charge in [-0.15, -0.1) is 0 Å². The number of hydrogen-bond acceptors (Lipinski definition) is 8. The van der Waals surface area contributed by atoms with Crippen LogP contribution in [-0.4, -0.2) is 45.3 Å². The van der Waals surface area contributed by atoms with Gasteiger partial charge in [0, 0.05) is 11.1 Å². The zero-order valence-corrected chi connectivity index (χ0v) is 19.5. The van der Waals surface area contributed by atoms with Gasteiger partial charge in [0.25, 0.3) is 0 Å². The molecule has 0 heterocycles. The molecule has 0 fully saturated rings. The zero-order valence-electron chi connectivity index (χ0n) is 17.8. The number of rotatable bonds is 9. The minimum atomic E-state index is -4.13. The Hall–Kier alpha value is -2.54. The van der Waals surface area contributed by atoms with Crippen molar-refractivity contribution in [1.29, 1.82) is 0 Å². The molecule has 0 aliphatic rings. The van der Waals surface area contributed by atoms with Gasteiger partial charge in [-0.1, -0.05) is 6.92 Å². The molecular formula is C19H26N2O8S2. The summed E-state index contributed by atoms with van der Waals surface area (Å²) >= 11 is 0. The van der Waals surface area contributed by atoms with Crippen molar-refractivity contribution in [1.82, 2.24) is 0 Å². The third-order valence-electron chi connectivity index (χ3n) is 4.77. The van der Waals surface area contributed by atoms with Crippen LogP contribution in [0.2, 0.25) is 0 Å². The fourth-order valence-electron chi connectivity index (χ4n) is 3.49. The highest BCUT2D eigenvalue weighted by molar-refractivity contribution is 7.89. The van der Waals surface area contributed by atoms with Gasteiger partial charge in [-0.25, -0.2) is 27.1 Å². The Labute approximate surface area is 182 Å². The number of sulfonamides is 2. The topological polar surface area (TPSA) is 157 Å². The first-order valence-corrected chi connectivity index (χ1v) is 12.0. The quantitative estimate of drug-likeness (QED) is 0.551. The largest absolute Gasteiger partial charge is 0.493 e. The molecule has 0 saturated heterocycles. The van der Waals surface area contributed by atoms with Crippen molar-refractivity contribution in [2.75, 3.05) is 28.4 Å². The van der Waals surface area contributed by atoms with Crippen molar-refractivity contribution in [2.45, 2.75) is 29.1 Å². The third-order valence-corrected chi connectivity index (χ3v) is 6.73. The SMILES string of the molecule is COc1ccc(S(N)(=O)=O)c(C[C@H](C)c2c(S(N)(=O)=O)ccc(OC)c2OC)c1OC. The Morgan fingerprint density at radius 2 is 1.19 bits per heavy atom. The molecule has 0 aliphatic carbocycles. The van der Waals surface area contributed by atoms with E-state index in [9.17, 15) is 16.8 Å². The van der Waals surface area contributed by atoms with Gasteiger partial charge in [-0.2, -0.15) is 0 Å². The first kappa shape index (κ1) is 24.7. The minimum Gasteiger partial charge on any atom is -0.493 e. The molecule has 2 aromatic carbocycles. The summed E-state index contributed by atoms with van der Waals surface area (Å²) in [5, 5.41) is 10.8. The van der Waals surface area contributed by atoms with Crippen LogP contribution in [0.1, 0.15) is 24.0 Å². The molecule has 0 unspecified atom stereocenters. The molecule has 2 aromatic rings. The highest BCUT2D eigenvalue weighted by Crippen LogP contribution is 2.43. The first-order valence-electron chi connectivity index (χ1n) is 8.95. The molecule has 12 heteroatoms. The van der Waals surface area contributed by atoms with Crippen LogP contribution in [0, 0.1) is 0 Å². The van der Waals surface area contributed by atoms with E-state index >= 15 is 0 Å². The lowest BCUT2D eigenvalue weighted by Gasteiger charge is -2.23. The number of methoxy groups -OCH3 is 4. The molecule has 172 valence electrons. The van der Waals surface area contributed by atoms with Crippen LogP contribution < -0.4 is 29.2 Å². The fourth-order valence-corrected chi connectivity index (χ4v) is 5.12. The lowest BCUT2D eigenvalue weighted by atomic mass is 9.92.